The summed E-state index contributed by atoms with van der Waals surface area (Å²) in [6.07, 6.45) is 4.94. The molecule has 8 heteroatoms. The van der Waals surface area contributed by atoms with Crippen molar-refractivity contribution in [2.45, 2.75) is 0 Å². The summed E-state index contributed by atoms with van der Waals surface area (Å²) in [4.78, 5) is 8.24. The maximum absolute atomic E-state index is 13.8. The molecule has 0 bridgehead atoms. The lowest BCUT2D eigenvalue weighted by molar-refractivity contribution is 0.429. The topological polar surface area (TPSA) is 77.5 Å². The number of nitrogen functional groups attached to an aromatic ring is 1. The SMILES string of the molecule is NNc1cn2ccnc2c(Oc2ccc(Br)cc2F)n1. The van der Waals surface area contributed by atoms with Gasteiger partial charge in [-0.1, -0.05) is 15.9 Å². The van der Waals surface area contributed by atoms with Gasteiger partial charge in [0, 0.05) is 16.9 Å². The van der Waals surface area contributed by atoms with E-state index in [-0.39, 0.29) is 11.6 Å². The standard InChI is InChI=1S/C12H9BrFN5O/c13-7-1-2-9(8(14)5-7)20-12-11-16-3-4-19(11)6-10(17-12)18-15/h1-6,18H,15H2. The molecule has 0 aliphatic rings. The normalized spacial score (nSPS) is 10.8. The molecule has 0 atom stereocenters. The highest BCUT2D eigenvalue weighted by molar-refractivity contribution is 9.10. The van der Waals surface area contributed by atoms with Crippen molar-refractivity contribution in [3.8, 4) is 11.6 Å². The molecular weight excluding hydrogens is 329 g/mol. The molecule has 3 N–H and O–H groups in total. The van der Waals surface area contributed by atoms with Gasteiger partial charge in [-0.15, -0.1) is 0 Å². The molecule has 3 rings (SSSR count). The number of hydrogen-bond donors (Lipinski definition) is 2. The van der Waals surface area contributed by atoms with E-state index >= 15 is 0 Å². The van der Waals surface area contributed by atoms with Crippen molar-refractivity contribution >= 4 is 27.4 Å². The van der Waals surface area contributed by atoms with Crippen LogP contribution in [0.4, 0.5) is 10.2 Å². The van der Waals surface area contributed by atoms with Crippen LogP contribution in [0.5, 0.6) is 11.6 Å². The summed E-state index contributed by atoms with van der Waals surface area (Å²) < 4.78 is 21.6. The molecule has 0 saturated heterocycles. The first-order chi connectivity index (χ1) is 9.67. The van der Waals surface area contributed by atoms with Gasteiger partial charge < -0.3 is 10.2 Å². The number of nitrogens with zero attached hydrogens (tertiary/aromatic N) is 3. The van der Waals surface area contributed by atoms with Gasteiger partial charge in [-0.2, -0.15) is 4.98 Å². The number of aromatic nitrogens is 3. The van der Waals surface area contributed by atoms with Gasteiger partial charge in [-0.05, 0) is 18.2 Å². The molecule has 0 fully saturated rings. The van der Waals surface area contributed by atoms with Crippen LogP contribution in [0.3, 0.4) is 0 Å². The molecule has 0 unspecified atom stereocenters. The van der Waals surface area contributed by atoms with Gasteiger partial charge in [0.1, 0.15) is 0 Å². The quantitative estimate of drug-likeness (QED) is 0.567. The number of imidazole rings is 1. The van der Waals surface area contributed by atoms with E-state index in [2.05, 4.69) is 31.3 Å². The number of halogens is 2. The van der Waals surface area contributed by atoms with Crippen LogP contribution in [0.1, 0.15) is 0 Å². The van der Waals surface area contributed by atoms with Gasteiger partial charge in [0.25, 0.3) is 5.88 Å². The van der Waals surface area contributed by atoms with Gasteiger partial charge in [0.05, 0.1) is 6.20 Å². The Morgan fingerprint density at radius 3 is 3.00 bits per heavy atom. The van der Waals surface area contributed by atoms with Gasteiger partial charge in [0.15, 0.2) is 17.4 Å². The van der Waals surface area contributed by atoms with Crippen molar-refractivity contribution in [3.05, 3.63) is 47.1 Å². The molecule has 1 aromatic carbocycles. The van der Waals surface area contributed by atoms with Crippen LogP contribution in [0.2, 0.25) is 0 Å². The summed E-state index contributed by atoms with van der Waals surface area (Å²) in [6, 6.07) is 4.48. The smallest absolute Gasteiger partial charge is 0.266 e. The van der Waals surface area contributed by atoms with E-state index in [1.54, 1.807) is 29.1 Å². The molecule has 3 aromatic rings. The van der Waals surface area contributed by atoms with E-state index in [1.165, 1.54) is 12.1 Å². The number of fused-ring (bicyclic) bond motifs is 1. The van der Waals surface area contributed by atoms with Crippen LogP contribution in [0, 0.1) is 5.82 Å². The molecular formula is C12H9BrFN5O. The highest BCUT2D eigenvalue weighted by Crippen LogP contribution is 2.28. The molecule has 2 aromatic heterocycles. The van der Waals surface area contributed by atoms with Crippen molar-refractivity contribution in [1.29, 1.82) is 0 Å². The predicted octanol–water partition coefficient (Wildman–Crippen LogP) is 2.71. The van der Waals surface area contributed by atoms with E-state index < -0.39 is 5.82 Å². The first-order valence-corrected chi connectivity index (χ1v) is 6.40. The Balaban J connectivity index is 2.07. The number of hydrogen-bond acceptors (Lipinski definition) is 5. The van der Waals surface area contributed by atoms with E-state index in [0.717, 1.165) is 0 Å². The molecule has 0 aliphatic carbocycles. The highest BCUT2D eigenvalue weighted by atomic mass is 79.9. The molecule has 20 heavy (non-hydrogen) atoms. The van der Waals surface area contributed by atoms with Crippen LogP contribution in [0.15, 0.2) is 41.3 Å². The number of hydrazine groups is 1. The van der Waals surface area contributed by atoms with Gasteiger partial charge in [0.2, 0.25) is 5.65 Å². The average Bonchev–Trinajstić information content (AvgIpc) is 2.90. The summed E-state index contributed by atoms with van der Waals surface area (Å²) in [5, 5.41) is 0. The Morgan fingerprint density at radius 2 is 2.25 bits per heavy atom. The molecule has 2 heterocycles. The molecule has 0 aliphatic heterocycles. The summed E-state index contributed by atoms with van der Waals surface area (Å²) >= 11 is 3.18. The lowest BCUT2D eigenvalue weighted by Crippen LogP contribution is -2.10. The Kier molecular flexibility index (Phi) is 3.25. The lowest BCUT2D eigenvalue weighted by atomic mass is 10.3. The molecule has 0 radical (unpaired) electrons. The summed E-state index contributed by atoms with van der Waals surface area (Å²) in [6.45, 7) is 0. The maximum Gasteiger partial charge on any atom is 0.266 e. The number of ether oxygens (including phenoxy) is 1. The third-order valence-corrected chi connectivity index (χ3v) is 3.09. The van der Waals surface area contributed by atoms with Gasteiger partial charge >= 0.3 is 0 Å². The van der Waals surface area contributed by atoms with Crippen LogP contribution < -0.4 is 16.0 Å². The van der Waals surface area contributed by atoms with E-state index in [1.807, 2.05) is 0 Å². The second-order valence-electron chi connectivity index (χ2n) is 3.91. The fourth-order valence-electron chi connectivity index (χ4n) is 1.70. The molecule has 102 valence electrons. The van der Waals surface area contributed by atoms with E-state index in [9.17, 15) is 4.39 Å². The number of nitrogens with two attached hydrogens (primary N) is 1. The highest BCUT2D eigenvalue weighted by Gasteiger charge is 2.12. The zero-order chi connectivity index (χ0) is 14.1. The van der Waals surface area contributed by atoms with Crippen molar-refractivity contribution in [2.24, 2.45) is 5.84 Å². The summed E-state index contributed by atoms with van der Waals surface area (Å²) in [5.74, 6) is 5.43. The largest absolute Gasteiger partial charge is 0.433 e. The average molecular weight is 338 g/mol. The van der Waals surface area contributed by atoms with Crippen LogP contribution in [-0.2, 0) is 0 Å². The Bertz CT molecular complexity index is 776. The second-order valence-corrected chi connectivity index (χ2v) is 4.83. The zero-order valence-electron chi connectivity index (χ0n) is 10.0. The summed E-state index contributed by atoms with van der Waals surface area (Å²) in [7, 11) is 0. The molecule has 0 spiro atoms. The first kappa shape index (κ1) is 12.8. The van der Waals surface area contributed by atoms with Crippen LogP contribution in [0.25, 0.3) is 5.65 Å². The minimum atomic E-state index is -0.503. The van der Waals surface area contributed by atoms with Gasteiger partial charge in [-0.25, -0.2) is 15.2 Å². The minimum Gasteiger partial charge on any atom is -0.433 e. The van der Waals surface area contributed by atoms with E-state index in [4.69, 9.17) is 10.6 Å². The monoisotopic (exact) mass is 337 g/mol. The number of rotatable bonds is 3. The Morgan fingerprint density at radius 1 is 1.40 bits per heavy atom. The Hall–Kier alpha value is -2.19. The van der Waals surface area contributed by atoms with Crippen molar-refractivity contribution < 1.29 is 9.13 Å². The van der Waals surface area contributed by atoms with Gasteiger partial charge in [-0.3, -0.25) is 4.40 Å². The zero-order valence-corrected chi connectivity index (χ0v) is 11.6. The predicted molar refractivity (Wildman–Crippen MR) is 75.0 cm³/mol. The third kappa shape index (κ3) is 2.30. The number of nitrogens with one attached hydrogen (secondary N) is 1. The fraction of sp³-hybridized carbons (Fsp3) is 0. The number of benzene rings is 1. The van der Waals surface area contributed by atoms with Crippen LogP contribution >= 0.6 is 15.9 Å². The summed E-state index contributed by atoms with van der Waals surface area (Å²) in [5.41, 5.74) is 2.88. The maximum atomic E-state index is 13.8. The fourth-order valence-corrected chi connectivity index (χ4v) is 2.04. The van der Waals surface area contributed by atoms with Crippen LogP contribution in [-0.4, -0.2) is 14.4 Å². The minimum absolute atomic E-state index is 0.0553. The van der Waals surface area contributed by atoms with E-state index in [0.29, 0.717) is 15.9 Å². The Labute approximate surface area is 121 Å². The molecule has 0 amide bonds. The lowest BCUT2D eigenvalue weighted by Gasteiger charge is -2.09. The molecule has 0 saturated carbocycles. The third-order valence-electron chi connectivity index (χ3n) is 2.59. The molecule has 6 nitrogen and oxygen atoms in total. The van der Waals surface area contributed by atoms with Crippen molar-refractivity contribution in [2.75, 3.05) is 5.43 Å². The van der Waals surface area contributed by atoms with Crippen molar-refractivity contribution in [3.63, 3.8) is 0 Å². The number of anilines is 1. The first-order valence-electron chi connectivity index (χ1n) is 5.60. The van der Waals surface area contributed by atoms with Crippen molar-refractivity contribution in [1.82, 2.24) is 14.4 Å². The second kappa shape index (κ2) is 5.06.